The Morgan fingerprint density at radius 2 is 1.89 bits per heavy atom. The van der Waals surface area contributed by atoms with Crippen molar-refractivity contribution < 1.29 is 4.79 Å². The van der Waals surface area contributed by atoms with E-state index in [9.17, 15) is 4.79 Å². The second-order valence-corrected chi connectivity index (χ2v) is 7.81. The lowest BCUT2D eigenvalue weighted by Crippen LogP contribution is -2.27. The van der Waals surface area contributed by atoms with Gasteiger partial charge in [-0.05, 0) is 12.5 Å². The molecule has 1 aromatic carbocycles. The molecule has 4 heteroatoms. The van der Waals surface area contributed by atoms with Crippen molar-refractivity contribution in [1.29, 1.82) is 0 Å². The first-order valence-corrected chi connectivity index (χ1v) is 9.14. The average molecular weight is 262 g/mol. The molecule has 0 amide bonds. The average Bonchev–Trinajstić information content (AvgIpc) is 2.29. The Kier molecular flexibility index (Phi) is 5.78. The van der Waals surface area contributed by atoms with Crippen LogP contribution < -0.4 is 0 Å². The van der Waals surface area contributed by atoms with Gasteiger partial charge in [-0.2, -0.15) is 5.10 Å². The molecule has 0 N–H and O–H groups in total. The molecule has 0 fully saturated rings. The molecule has 0 radical (unpaired) electrons. The van der Waals surface area contributed by atoms with E-state index in [0.29, 0.717) is 6.42 Å². The van der Waals surface area contributed by atoms with E-state index < -0.39 is 8.96 Å². The van der Waals surface area contributed by atoms with Gasteiger partial charge in [0.15, 0.2) is 8.96 Å². The topological polar surface area (TPSA) is 32.7 Å². The Bertz CT molecular complexity index is 415. The Labute approximate surface area is 111 Å². The van der Waals surface area contributed by atoms with Crippen LogP contribution in [0.4, 0.5) is 0 Å². The minimum absolute atomic E-state index is 0.170. The summed E-state index contributed by atoms with van der Waals surface area (Å²) in [6.45, 7) is 6.06. The monoisotopic (exact) mass is 262 g/mol. The van der Waals surface area contributed by atoms with E-state index in [-0.39, 0.29) is 5.78 Å². The molecule has 0 spiro atoms. The van der Waals surface area contributed by atoms with E-state index in [2.05, 4.69) is 30.3 Å². The number of benzene rings is 1. The second-order valence-electron chi connectivity index (χ2n) is 4.87. The summed E-state index contributed by atoms with van der Waals surface area (Å²) in [6.07, 6.45) is 1.20. The van der Waals surface area contributed by atoms with Gasteiger partial charge >= 0.3 is 0 Å². The highest BCUT2D eigenvalue weighted by molar-refractivity contribution is 6.52. The minimum Gasteiger partial charge on any atom is -0.331 e. The van der Waals surface area contributed by atoms with Crippen molar-refractivity contribution in [2.24, 2.45) is 5.10 Å². The Morgan fingerprint density at radius 3 is 2.39 bits per heavy atom. The molecular formula is C14H22N2OSi. The first kappa shape index (κ1) is 14.6. The van der Waals surface area contributed by atoms with Crippen LogP contribution in [-0.2, 0) is 11.2 Å². The lowest BCUT2D eigenvalue weighted by Gasteiger charge is -2.18. The summed E-state index contributed by atoms with van der Waals surface area (Å²) in [5.41, 5.74) is 2.16. The molecule has 0 aliphatic rings. The van der Waals surface area contributed by atoms with E-state index in [4.69, 9.17) is 0 Å². The quantitative estimate of drug-likeness (QED) is 0.448. The maximum atomic E-state index is 11.3. The van der Waals surface area contributed by atoms with Crippen LogP contribution in [0.15, 0.2) is 35.4 Å². The van der Waals surface area contributed by atoms with Crippen LogP contribution in [0.5, 0.6) is 0 Å². The van der Waals surface area contributed by atoms with Crippen LogP contribution >= 0.6 is 0 Å². The van der Waals surface area contributed by atoms with Gasteiger partial charge in [-0.3, -0.25) is 4.79 Å². The van der Waals surface area contributed by atoms with Crippen molar-refractivity contribution in [2.75, 3.05) is 7.05 Å². The number of hydrogen-bond acceptors (Lipinski definition) is 3. The van der Waals surface area contributed by atoms with E-state index in [1.807, 2.05) is 29.9 Å². The third-order valence-electron chi connectivity index (χ3n) is 2.75. The normalized spacial score (nSPS) is 11.7. The lowest BCUT2D eigenvalue weighted by molar-refractivity contribution is -0.115. The van der Waals surface area contributed by atoms with Gasteiger partial charge in [0.25, 0.3) is 0 Å². The zero-order valence-corrected chi connectivity index (χ0v) is 12.8. The molecule has 0 saturated heterocycles. The van der Waals surface area contributed by atoms with Gasteiger partial charge < -0.3 is 4.67 Å². The number of Topliss-reactive ketones (excluding diaryl/α,β-unsaturated/α-hetero) is 1. The van der Waals surface area contributed by atoms with Crippen molar-refractivity contribution in [3.05, 3.63) is 35.9 Å². The number of hydrogen-bond donors (Lipinski definition) is 0. The van der Waals surface area contributed by atoms with Crippen molar-refractivity contribution in [2.45, 2.75) is 32.9 Å². The third kappa shape index (κ3) is 5.27. The zero-order valence-electron chi connectivity index (χ0n) is 11.7. The molecule has 0 aromatic heterocycles. The molecule has 0 bridgehead atoms. The molecule has 0 unspecified atom stereocenters. The fourth-order valence-electron chi connectivity index (χ4n) is 1.59. The smallest absolute Gasteiger partial charge is 0.156 e. The number of ketones is 1. The second kappa shape index (κ2) is 7.11. The zero-order chi connectivity index (χ0) is 13.5. The molecule has 0 aliphatic carbocycles. The number of rotatable bonds is 6. The minimum atomic E-state index is -0.939. The van der Waals surface area contributed by atoms with Gasteiger partial charge in [0.2, 0.25) is 0 Å². The first-order chi connectivity index (χ1) is 8.49. The number of hydrazone groups is 1. The SMILES string of the molecule is CC(=O)CC(Cc1ccccc1)=NN(C)[SiH](C)C. The third-order valence-corrected chi connectivity index (χ3v) is 4.36. The summed E-state index contributed by atoms with van der Waals surface area (Å²) in [7, 11) is 1.06. The van der Waals surface area contributed by atoms with Crippen molar-refractivity contribution in [3.63, 3.8) is 0 Å². The van der Waals surface area contributed by atoms with Gasteiger partial charge in [0.05, 0.1) is 0 Å². The van der Waals surface area contributed by atoms with E-state index in [1.54, 1.807) is 6.92 Å². The highest BCUT2D eigenvalue weighted by Crippen LogP contribution is 2.05. The standard InChI is InChI=1S/C14H22N2OSi/c1-12(17)10-14(15-16(2)18(3)4)11-13-8-6-5-7-9-13/h5-9,18H,10-11H2,1-4H3. The molecule has 98 valence electrons. The molecule has 0 atom stereocenters. The molecule has 1 rings (SSSR count). The van der Waals surface area contributed by atoms with Crippen molar-refractivity contribution in [3.8, 4) is 0 Å². The molecule has 0 aliphatic heterocycles. The van der Waals surface area contributed by atoms with E-state index in [1.165, 1.54) is 5.56 Å². The van der Waals surface area contributed by atoms with Crippen LogP contribution in [0, 0.1) is 0 Å². The maximum absolute atomic E-state index is 11.3. The highest BCUT2D eigenvalue weighted by Gasteiger charge is 2.08. The summed E-state index contributed by atoms with van der Waals surface area (Å²) in [6, 6.07) is 10.2. The van der Waals surface area contributed by atoms with Crippen molar-refractivity contribution in [1.82, 2.24) is 4.67 Å². The lowest BCUT2D eigenvalue weighted by atomic mass is 10.1. The summed E-state index contributed by atoms with van der Waals surface area (Å²) >= 11 is 0. The Hall–Kier alpha value is -1.42. The summed E-state index contributed by atoms with van der Waals surface area (Å²) in [5, 5.41) is 4.60. The number of nitrogens with zero attached hydrogens (tertiary/aromatic N) is 2. The van der Waals surface area contributed by atoms with E-state index >= 15 is 0 Å². The van der Waals surface area contributed by atoms with Gasteiger partial charge in [-0.15, -0.1) is 0 Å². The number of carbonyl (C=O) groups is 1. The molecule has 3 nitrogen and oxygen atoms in total. The van der Waals surface area contributed by atoms with Gasteiger partial charge in [-0.1, -0.05) is 43.4 Å². The molecule has 0 saturated carbocycles. The first-order valence-electron chi connectivity index (χ1n) is 6.31. The van der Waals surface area contributed by atoms with Crippen LogP contribution in [-0.4, -0.2) is 32.2 Å². The van der Waals surface area contributed by atoms with Gasteiger partial charge in [-0.25, -0.2) is 0 Å². The number of carbonyl (C=O) groups excluding carboxylic acids is 1. The highest BCUT2D eigenvalue weighted by atomic mass is 28.3. The van der Waals surface area contributed by atoms with Crippen LogP contribution in [0.1, 0.15) is 18.9 Å². The van der Waals surface area contributed by atoms with Crippen LogP contribution in [0.2, 0.25) is 13.1 Å². The van der Waals surface area contributed by atoms with Gasteiger partial charge in [0, 0.05) is 25.6 Å². The summed E-state index contributed by atoms with van der Waals surface area (Å²) in [5.74, 6) is 0.170. The van der Waals surface area contributed by atoms with Crippen LogP contribution in [0.3, 0.4) is 0 Å². The largest absolute Gasteiger partial charge is 0.331 e. The van der Waals surface area contributed by atoms with Crippen LogP contribution in [0.25, 0.3) is 0 Å². The molecular weight excluding hydrogens is 240 g/mol. The maximum Gasteiger partial charge on any atom is 0.156 e. The fourth-order valence-corrected chi connectivity index (χ4v) is 1.98. The predicted molar refractivity (Wildman–Crippen MR) is 79.5 cm³/mol. The molecule has 1 aromatic rings. The van der Waals surface area contributed by atoms with Crippen molar-refractivity contribution >= 4 is 20.5 Å². The molecule has 0 heterocycles. The Balaban J connectivity index is 2.82. The summed E-state index contributed by atoms with van der Waals surface area (Å²) < 4.78 is 2.04. The fraction of sp³-hybridized carbons (Fsp3) is 0.429. The molecule has 18 heavy (non-hydrogen) atoms. The predicted octanol–water partition coefficient (Wildman–Crippen LogP) is 2.48. The van der Waals surface area contributed by atoms with Gasteiger partial charge in [0.1, 0.15) is 5.78 Å². The van der Waals surface area contributed by atoms with E-state index in [0.717, 1.165) is 12.1 Å². The summed E-state index contributed by atoms with van der Waals surface area (Å²) in [4.78, 5) is 11.3. The Morgan fingerprint density at radius 1 is 1.28 bits per heavy atom.